The molecule has 0 saturated carbocycles. The average Bonchev–Trinajstić information content (AvgIpc) is 3.16. The van der Waals surface area contributed by atoms with Crippen molar-refractivity contribution < 1.29 is 32.2 Å². The Morgan fingerprint density at radius 2 is 1.50 bits per heavy atom. The first kappa shape index (κ1) is 23.9. The monoisotopic (exact) mass is 547 g/mol. The van der Waals surface area contributed by atoms with Gasteiger partial charge in [-0.05, 0) is 40.2 Å². The van der Waals surface area contributed by atoms with Crippen molar-refractivity contribution in [2.24, 2.45) is 0 Å². The molecule has 0 saturated heterocycles. The molecule has 0 aliphatic heterocycles. The third kappa shape index (κ3) is 3.67. The van der Waals surface area contributed by atoms with Crippen molar-refractivity contribution in [2.75, 3.05) is 34.7 Å². The van der Waals surface area contributed by atoms with Crippen molar-refractivity contribution >= 4 is 53.5 Å². The summed E-state index contributed by atoms with van der Waals surface area (Å²) >= 11 is 3.59. The number of nitrogens with zero attached hydrogens (tertiary/aromatic N) is 1. The third-order valence-electron chi connectivity index (χ3n) is 5.55. The van der Waals surface area contributed by atoms with E-state index in [0.29, 0.717) is 49.3 Å². The van der Waals surface area contributed by atoms with E-state index in [4.69, 9.17) is 18.9 Å². The van der Waals surface area contributed by atoms with Crippen LogP contribution in [0.1, 0.15) is 10.4 Å². The molecule has 0 radical (unpaired) electrons. The zero-order chi connectivity index (χ0) is 24.8. The van der Waals surface area contributed by atoms with Gasteiger partial charge in [0.25, 0.3) is 5.91 Å². The molecule has 1 aromatic heterocycles. The molecule has 1 heterocycles. The molecule has 0 atom stereocenters. The minimum Gasteiger partial charge on any atom is -0.493 e. The van der Waals surface area contributed by atoms with Gasteiger partial charge in [-0.2, -0.15) is 0 Å². The van der Waals surface area contributed by atoms with Crippen LogP contribution in [0.25, 0.3) is 21.8 Å². The third-order valence-corrected chi connectivity index (χ3v) is 7.33. The molecule has 8 nitrogen and oxygen atoms in total. The normalized spacial score (nSPS) is 11.6. The fourth-order valence-electron chi connectivity index (χ4n) is 4.09. The van der Waals surface area contributed by atoms with Crippen molar-refractivity contribution in [1.29, 1.82) is 0 Å². The molecular formula is C24H22BrNO7S. The molecule has 34 heavy (non-hydrogen) atoms. The predicted octanol–water partition coefficient (Wildman–Crippen LogP) is 4.68. The maximum absolute atomic E-state index is 14.1. The lowest BCUT2D eigenvalue weighted by atomic mass is 10.1. The number of fused-ring (bicyclic) bond motifs is 3. The van der Waals surface area contributed by atoms with E-state index < -0.39 is 15.7 Å². The maximum atomic E-state index is 14.1. The second-order valence-corrected chi connectivity index (χ2v) is 10.3. The van der Waals surface area contributed by atoms with E-state index in [1.54, 1.807) is 30.3 Å². The highest BCUT2D eigenvalue weighted by Gasteiger charge is 2.28. The summed E-state index contributed by atoms with van der Waals surface area (Å²) in [6, 6.07) is 11.3. The molecule has 0 aliphatic rings. The second-order valence-electron chi connectivity index (χ2n) is 7.45. The Balaban J connectivity index is 2.24. The van der Waals surface area contributed by atoms with Crippen molar-refractivity contribution in [3.05, 3.63) is 52.5 Å². The summed E-state index contributed by atoms with van der Waals surface area (Å²) in [5.41, 5.74) is 0.917. The largest absolute Gasteiger partial charge is 0.493 e. The van der Waals surface area contributed by atoms with Crippen LogP contribution in [0.15, 0.2) is 51.8 Å². The van der Waals surface area contributed by atoms with Gasteiger partial charge >= 0.3 is 0 Å². The smallest absolute Gasteiger partial charge is 0.264 e. The first-order valence-electron chi connectivity index (χ1n) is 10.0. The van der Waals surface area contributed by atoms with Gasteiger partial charge in [-0.15, -0.1) is 0 Å². The summed E-state index contributed by atoms with van der Waals surface area (Å²) in [6.07, 6.45) is 1.07. The van der Waals surface area contributed by atoms with Gasteiger partial charge in [0.1, 0.15) is 5.52 Å². The minimum atomic E-state index is -3.68. The number of hydrogen-bond acceptors (Lipinski definition) is 7. The standard InChI is InChI=1S/C24H22BrNO7S/c1-30-17-10-14-16(12-18(17)31-2)26(22-21(14)15(25)11-19(32-3)23(22)33-4)24(27)13-8-6-7-9-20(13)34(5,28)29/h6-12H,1-5H3. The van der Waals surface area contributed by atoms with E-state index in [0.717, 1.165) is 6.26 Å². The second kappa shape index (κ2) is 8.84. The van der Waals surface area contributed by atoms with Gasteiger partial charge < -0.3 is 18.9 Å². The number of sulfone groups is 1. The lowest BCUT2D eigenvalue weighted by molar-refractivity contribution is 0.0965. The molecule has 178 valence electrons. The fraction of sp³-hybridized carbons (Fsp3) is 0.208. The van der Waals surface area contributed by atoms with Crippen LogP contribution in [-0.4, -0.2) is 53.6 Å². The Morgan fingerprint density at radius 3 is 2.09 bits per heavy atom. The molecular weight excluding hydrogens is 526 g/mol. The predicted molar refractivity (Wildman–Crippen MR) is 133 cm³/mol. The summed E-state index contributed by atoms with van der Waals surface area (Å²) in [5, 5.41) is 1.34. The summed E-state index contributed by atoms with van der Waals surface area (Å²) in [4.78, 5) is 14.0. The van der Waals surface area contributed by atoms with E-state index in [1.165, 1.54) is 45.1 Å². The number of ether oxygens (including phenoxy) is 4. The Bertz CT molecular complexity index is 1560. The molecule has 0 bridgehead atoms. The lowest BCUT2D eigenvalue weighted by Crippen LogP contribution is -2.16. The number of aromatic nitrogens is 1. The Hall–Kier alpha value is -3.24. The average molecular weight is 548 g/mol. The summed E-state index contributed by atoms with van der Waals surface area (Å²) < 4.78 is 49.1. The van der Waals surface area contributed by atoms with Crippen molar-refractivity contribution in [3.8, 4) is 23.0 Å². The molecule has 3 aromatic carbocycles. The number of rotatable bonds is 6. The number of benzene rings is 3. The Kier molecular flexibility index (Phi) is 6.22. The van der Waals surface area contributed by atoms with Crippen LogP contribution in [-0.2, 0) is 9.84 Å². The van der Waals surface area contributed by atoms with E-state index in [2.05, 4.69) is 15.9 Å². The van der Waals surface area contributed by atoms with Gasteiger partial charge in [0.05, 0.1) is 44.4 Å². The number of carbonyl (C=O) groups excluding carboxylic acids is 1. The van der Waals surface area contributed by atoms with E-state index in [1.807, 2.05) is 0 Å². The molecule has 0 fully saturated rings. The Labute approximate surface area is 205 Å². The van der Waals surface area contributed by atoms with Crippen LogP contribution >= 0.6 is 15.9 Å². The van der Waals surface area contributed by atoms with Crippen LogP contribution in [0, 0.1) is 0 Å². The summed E-state index contributed by atoms with van der Waals surface area (Å²) in [5.74, 6) is 1.05. The molecule has 0 aliphatic carbocycles. The first-order chi connectivity index (χ1) is 16.2. The quantitative estimate of drug-likeness (QED) is 0.346. The molecule has 10 heteroatoms. The lowest BCUT2D eigenvalue weighted by Gasteiger charge is -2.14. The van der Waals surface area contributed by atoms with E-state index >= 15 is 0 Å². The number of methoxy groups -OCH3 is 4. The van der Waals surface area contributed by atoms with Gasteiger partial charge in [0, 0.05) is 27.6 Å². The van der Waals surface area contributed by atoms with Gasteiger partial charge in [-0.3, -0.25) is 9.36 Å². The van der Waals surface area contributed by atoms with Gasteiger partial charge in [0.2, 0.25) is 0 Å². The van der Waals surface area contributed by atoms with Crippen molar-refractivity contribution in [3.63, 3.8) is 0 Å². The highest BCUT2D eigenvalue weighted by Crippen LogP contribution is 2.47. The first-order valence-corrected chi connectivity index (χ1v) is 12.7. The SMILES string of the molecule is COc1cc2c3c(Br)cc(OC)c(OC)c3n(C(=O)c3ccccc3S(C)(=O)=O)c2cc1OC. The van der Waals surface area contributed by atoms with Crippen LogP contribution in [0.2, 0.25) is 0 Å². The molecule has 0 N–H and O–H groups in total. The molecule has 0 spiro atoms. The molecule has 4 aromatic rings. The van der Waals surface area contributed by atoms with Crippen LogP contribution < -0.4 is 18.9 Å². The van der Waals surface area contributed by atoms with E-state index in [-0.39, 0.29) is 10.5 Å². The summed E-state index contributed by atoms with van der Waals surface area (Å²) in [7, 11) is 2.31. The number of carbonyl (C=O) groups is 1. The van der Waals surface area contributed by atoms with Gasteiger partial charge in [0.15, 0.2) is 32.8 Å². The van der Waals surface area contributed by atoms with Gasteiger partial charge in [-0.25, -0.2) is 8.42 Å². The fourth-order valence-corrected chi connectivity index (χ4v) is 5.58. The minimum absolute atomic E-state index is 0.0274. The summed E-state index contributed by atoms with van der Waals surface area (Å²) in [6.45, 7) is 0. The maximum Gasteiger partial charge on any atom is 0.264 e. The highest BCUT2D eigenvalue weighted by molar-refractivity contribution is 9.10. The molecule has 4 rings (SSSR count). The zero-order valence-corrected chi connectivity index (χ0v) is 21.5. The number of hydrogen-bond donors (Lipinski definition) is 0. The van der Waals surface area contributed by atoms with E-state index in [9.17, 15) is 13.2 Å². The zero-order valence-electron chi connectivity index (χ0n) is 19.1. The molecule has 0 amide bonds. The number of halogens is 1. The van der Waals surface area contributed by atoms with Gasteiger partial charge in [-0.1, -0.05) is 12.1 Å². The van der Waals surface area contributed by atoms with Crippen LogP contribution in [0.4, 0.5) is 0 Å². The molecule has 0 unspecified atom stereocenters. The highest BCUT2D eigenvalue weighted by atomic mass is 79.9. The van der Waals surface area contributed by atoms with Crippen molar-refractivity contribution in [2.45, 2.75) is 4.90 Å². The van der Waals surface area contributed by atoms with Crippen LogP contribution in [0.5, 0.6) is 23.0 Å². The topological polar surface area (TPSA) is 93.1 Å². The van der Waals surface area contributed by atoms with Crippen LogP contribution in [0.3, 0.4) is 0 Å². The van der Waals surface area contributed by atoms with Crippen molar-refractivity contribution in [1.82, 2.24) is 4.57 Å². The Morgan fingerprint density at radius 1 is 0.882 bits per heavy atom.